The molecule has 0 bridgehead atoms. The lowest BCUT2D eigenvalue weighted by molar-refractivity contribution is 0.163. The molecule has 0 fully saturated rings. The fourth-order valence-electron chi connectivity index (χ4n) is 2.14. The van der Waals surface area contributed by atoms with E-state index in [1.165, 1.54) is 22.9 Å². The predicted octanol–water partition coefficient (Wildman–Crippen LogP) is 4.72. The van der Waals surface area contributed by atoms with Gasteiger partial charge in [-0.3, -0.25) is 5.32 Å². The number of amides is 1. The first kappa shape index (κ1) is 21.8. The summed E-state index contributed by atoms with van der Waals surface area (Å²) in [5, 5.41) is 16.3. The molecule has 1 heterocycles. The zero-order chi connectivity index (χ0) is 20.4. The van der Waals surface area contributed by atoms with Gasteiger partial charge < -0.3 is 9.84 Å². The summed E-state index contributed by atoms with van der Waals surface area (Å²) in [4.78, 5) is 12.0. The van der Waals surface area contributed by atoms with E-state index in [4.69, 9.17) is 39.5 Å². The maximum atomic E-state index is 13.7. The van der Waals surface area contributed by atoms with E-state index in [1.807, 2.05) is 20.8 Å². The third-order valence-electron chi connectivity index (χ3n) is 3.52. The number of aliphatic hydroxyl groups excluding tert-OH is 1. The lowest BCUT2D eigenvalue weighted by Crippen LogP contribution is -2.22. The van der Waals surface area contributed by atoms with Crippen molar-refractivity contribution in [1.29, 1.82) is 0 Å². The summed E-state index contributed by atoms with van der Waals surface area (Å²) in [5.74, 6) is -0.259. The molecule has 0 unspecified atom stereocenters. The Morgan fingerprint density at radius 3 is 2.52 bits per heavy atom. The molecular formula is C17H19Cl3FN3O3. The summed E-state index contributed by atoms with van der Waals surface area (Å²) >= 11 is 16.7. The van der Waals surface area contributed by atoms with Crippen molar-refractivity contribution < 1.29 is 19.0 Å². The summed E-state index contributed by atoms with van der Waals surface area (Å²) < 4.78 is 18.2. The van der Waals surface area contributed by atoms with E-state index < -0.39 is 28.9 Å². The van der Waals surface area contributed by atoms with Gasteiger partial charge in [-0.15, -0.1) is 0 Å². The minimum atomic E-state index is -1.73. The SMILES string of the molecule is CC(C)(C)c1cc(NC(=O)OCC(Cl)(Cl)Cl)n(-c2ccc(F)c(CO)c2)n1. The molecular weight excluding hydrogens is 420 g/mol. The fraction of sp³-hybridized carbons (Fsp3) is 0.412. The van der Waals surface area contributed by atoms with E-state index in [0.29, 0.717) is 11.4 Å². The molecule has 0 aliphatic carbocycles. The maximum Gasteiger partial charge on any atom is 0.412 e. The zero-order valence-electron chi connectivity index (χ0n) is 14.9. The van der Waals surface area contributed by atoms with Crippen LogP contribution in [0.4, 0.5) is 15.0 Å². The number of nitrogens with one attached hydrogen (secondary N) is 1. The number of ether oxygens (including phenoxy) is 1. The minimum absolute atomic E-state index is 0.102. The normalized spacial score (nSPS) is 12.1. The van der Waals surface area contributed by atoms with E-state index in [1.54, 1.807) is 6.07 Å². The molecule has 2 N–H and O–H groups in total. The Morgan fingerprint density at radius 2 is 1.96 bits per heavy atom. The van der Waals surface area contributed by atoms with Crippen molar-refractivity contribution in [3.8, 4) is 5.69 Å². The van der Waals surface area contributed by atoms with Gasteiger partial charge in [-0.1, -0.05) is 55.6 Å². The van der Waals surface area contributed by atoms with E-state index in [0.717, 1.165) is 0 Å². The Kier molecular flexibility index (Phi) is 6.63. The number of hydrogen-bond donors (Lipinski definition) is 2. The highest BCUT2D eigenvalue weighted by Gasteiger charge is 2.25. The molecule has 1 aromatic carbocycles. The van der Waals surface area contributed by atoms with Gasteiger partial charge in [0, 0.05) is 17.0 Å². The summed E-state index contributed by atoms with van der Waals surface area (Å²) in [5.41, 5.74) is 0.912. The van der Waals surface area contributed by atoms with Gasteiger partial charge in [0.2, 0.25) is 3.79 Å². The topological polar surface area (TPSA) is 76.4 Å². The molecule has 27 heavy (non-hydrogen) atoms. The highest BCUT2D eigenvalue weighted by molar-refractivity contribution is 6.67. The van der Waals surface area contributed by atoms with Gasteiger partial charge in [0.25, 0.3) is 0 Å². The first-order chi connectivity index (χ1) is 12.4. The van der Waals surface area contributed by atoms with E-state index in [-0.39, 0.29) is 16.8 Å². The van der Waals surface area contributed by atoms with Crippen LogP contribution in [0.15, 0.2) is 24.3 Å². The second kappa shape index (κ2) is 8.22. The lowest BCUT2D eigenvalue weighted by Gasteiger charge is -2.14. The van der Waals surface area contributed by atoms with Crippen LogP contribution >= 0.6 is 34.8 Å². The van der Waals surface area contributed by atoms with E-state index in [9.17, 15) is 14.3 Å². The van der Waals surface area contributed by atoms with Gasteiger partial charge in [-0.05, 0) is 18.2 Å². The molecule has 6 nitrogen and oxygen atoms in total. The molecule has 0 saturated carbocycles. The number of carbonyl (C=O) groups excluding carboxylic acids is 1. The molecule has 2 aromatic rings. The first-order valence-electron chi connectivity index (χ1n) is 7.91. The summed E-state index contributed by atoms with van der Waals surface area (Å²) in [6.45, 7) is 4.95. The Hall–Kier alpha value is -1.54. The van der Waals surface area contributed by atoms with Crippen molar-refractivity contribution in [3.05, 3.63) is 41.3 Å². The van der Waals surface area contributed by atoms with Crippen LogP contribution in [0.25, 0.3) is 5.69 Å². The van der Waals surface area contributed by atoms with Crippen molar-refractivity contribution >= 4 is 46.7 Å². The highest BCUT2D eigenvalue weighted by Crippen LogP contribution is 2.28. The molecule has 0 atom stereocenters. The molecule has 0 spiro atoms. The van der Waals surface area contributed by atoms with Crippen molar-refractivity contribution in [3.63, 3.8) is 0 Å². The van der Waals surface area contributed by atoms with Crippen LogP contribution in [0.2, 0.25) is 0 Å². The minimum Gasteiger partial charge on any atom is -0.445 e. The number of benzene rings is 1. The monoisotopic (exact) mass is 437 g/mol. The Labute approximate surface area is 171 Å². The van der Waals surface area contributed by atoms with Gasteiger partial charge in [0.1, 0.15) is 18.2 Å². The molecule has 1 aromatic heterocycles. The fourth-order valence-corrected chi connectivity index (χ4v) is 2.30. The van der Waals surface area contributed by atoms with Crippen LogP contribution in [0.1, 0.15) is 32.0 Å². The average molecular weight is 439 g/mol. The van der Waals surface area contributed by atoms with Crippen LogP contribution in [-0.4, -0.2) is 31.4 Å². The van der Waals surface area contributed by atoms with Crippen molar-refractivity contribution in [2.75, 3.05) is 11.9 Å². The Bertz CT molecular complexity index is 829. The van der Waals surface area contributed by atoms with Crippen LogP contribution in [0.5, 0.6) is 0 Å². The number of carbonyl (C=O) groups is 1. The zero-order valence-corrected chi connectivity index (χ0v) is 17.2. The number of aliphatic hydroxyl groups is 1. The predicted molar refractivity (Wildman–Crippen MR) is 103 cm³/mol. The number of aromatic nitrogens is 2. The maximum absolute atomic E-state index is 13.7. The van der Waals surface area contributed by atoms with Gasteiger partial charge in [-0.25, -0.2) is 13.9 Å². The van der Waals surface area contributed by atoms with Gasteiger partial charge in [0.05, 0.1) is 18.0 Å². The number of hydrogen-bond acceptors (Lipinski definition) is 4. The Morgan fingerprint density at radius 1 is 1.30 bits per heavy atom. The molecule has 0 aliphatic rings. The van der Waals surface area contributed by atoms with Crippen LogP contribution in [0.3, 0.4) is 0 Å². The molecule has 0 saturated heterocycles. The number of anilines is 1. The number of rotatable bonds is 4. The third-order valence-corrected chi connectivity index (χ3v) is 3.85. The van der Waals surface area contributed by atoms with Crippen molar-refractivity contribution in [1.82, 2.24) is 9.78 Å². The average Bonchev–Trinajstić information content (AvgIpc) is 2.97. The standard InChI is InChI=1S/C17H19Cl3FN3O3/c1-16(2,3)13-7-14(22-15(26)27-9-17(18,19)20)24(23-13)11-4-5-12(21)10(6-11)8-25/h4-7,25H,8-9H2,1-3H3,(H,22,26). The highest BCUT2D eigenvalue weighted by atomic mass is 35.6. The Balaban J connectivity index is 2.38. The second-order valence-corrected chi connectivity index (χ2v) is 9.34. The first-order valence-corrected chi connectivity index (χ1v) is 9.05. The van der Waals surface area contributed by atoms with Crippen LogP contribution in [-0.2, 0) is 16.8 Å². The molecule has 0 radical (unpaired) electrons. The molecule has 148 valence electrons. The van der Waals surface area contributed by atoms with Gasteiger partial charge in [0.15, 0.2) is 0 Å². The summed E-state index contributed by atoms with van der Waals surface area (Å²) in [7, 11) is 0. The number of halogens is 4. The molecule has 10 heteroatoms. The van der Waals surface area contributed by atoms with Crippen LogP contribution in [0, 0.1) is 5.82 Å². The van der Waals surface area contributed by atoms with Gasteiger partial charge >= 0.3 is 6.09 Å². The third kappa shape index (κ3) is 5.97. The number of nitrogens with zero attached hydrogens (tertiary/aromatic N) is 2. The van der Waals surface area contributed by atoms with Crippen molar-refractivity contribution in [2.24, 2.45) is 0 Å². The van der Waals surface area contributed by atoms with Crippen LogP contribution < -0.4 is 5.32 Å². The summed E-state index contributed by atoms with van der Waals surface area (Å²) in [6.07, 6.45) is -0.840. The lowest BCUT2D eigenvalue weighted by atomic mass is 9.92. The van der Waals surface area contributed by atoms with E-state index in [2.05, 4.69) is 10.4 Å². The molecule has 1 amide bonds. The second-order valence-electron chi connectivity index (χ2n) is 6.83. The van der Waals surface area contributed by atoms with E-state index >= 15 is 0 Å². The molecule has 2 rings (SSSR count). The van der Waals surface area contributed by atoms with Gasteiger partial charge in [-0.2, -0.15) is 5.10 Å². The quantitative estimate of drug-likeness (QED) is 0.677. The van der Waals surface area contributed by atoms with Crippen molar-refractivity contribution in [2.45, 2.75) is 36.6 Å². The smallest absolute Gasteiger partial charge is 0.412 e. The molecule has 0 aliphatic heterocycles. The largest absolute Gasteiger partial charge is 0.445 e. The number of alkyl halides is 3. The summed E-state index contributed by atoms with van der Waals surface area (Å²) in [6, 6.07) is 5.79.